The van der Waals surface area contributed by atoms with Gasteiger partial charge in [0.1, 0.15) is 0 Å². The van der Waals surface area contributed by atoms with E-state index < -0.39 is 16.0 Å². The highest BCUT2D eigenvalue weighted by atomic mass is 32.2. The van der Waals surface area contributed by atoms with Crippen LogP contribution >= 0.6 is 0 Å². The molecule has 0 radical (unpaired) electrons. The Bertz CT molecular complexity index is 875. The summed E-state index contributed by atoms with van der Waals surface area (Å²) in [5.74, 6) is 0.566. The van der Waals surface area contributed by atoms with Crippen molar-refractivity contribution in [2.24, 2.45) is 17.8 Å². The van der Waals surface area contributed by atoms with Crippen LogP contribution in [0.4, 0.5) is 0 Å². The molecule has 29 heavy (non-hydrogen) atoms. The number of carbonyl (C=O) groups is 1. The number of rotatable bonds is 10. The summed E-state index contributed by atoms with van der Waals surface area (Å²) in [6, 6.07) is 7.75. The van der Waals surface area contributed by atoms with Gasteiger partial charge in [0.05, 0.1) is 0 Å². The zero-order valence-corrected chi connectivity index (χ0v) is 17.8. The molecule has 3 rings (SSSR count). The summed E-state index contributed by atoms with van der Waals surface area (Å²) >= 11 is 0. The molecule has 0 heterocycles. The molecule has 158 valence electrons. The SMILES string of the molecule is Cc1cccc(/C=C/S(=O)(=O)NC2C3CCC(C3)C2C/C=C/CCCC(=O)O)c1. The molecule has 1 aromatic carbocycles. The number of nitrogens with one attached hydrogen (secondary N) is 1. The molecule has 6 heteroatoms. The maximum atomic E-state index is 12.7. The van der Waals surface area contributed by atoms with Gasteiger partial charge in [-0.3, -0.25) is 4.79 Å². The number of carboxylic acids is 1. The van der Waals surface area contributed by atoms with E-state index in [1.165, 1.54) is 11.8 Å². The van der Waals surface area contributed by atoms with Crippen LogP contribution in [0.5, 0.6) is 0 Å². The lowest BCUT2D eigenvalue weighted by molar-refractivity contribution is -0.137. The predicted molar refractivity (Wildman–Crippen MR) is 116 cm³/mol. The van der Waals surface area contributed by atoms with Crippen molar-refractivity contribution in [1.82, 2.24) is 4.72 Å². The number of sulfonamides is 1. The fourth-order valence-electron chi connectivity index (χ4n) is 4.85. The second kappa shape index (κ2) is 9.72. The lowest BCUT2D eigenvalue weighted by Crippen LogP contribution is -2.43. The van der Waals surface area contributed by atoms with Crippen LogP contribution < -0.4 is 4.72 Å². The van der Waals surface area contributed by atoms with Gasteiger partial charge in [-0.15, -0.1) is 0 Å². The lowest BCUT2D eigenvalue weighted by Gasteiger charge is -2.30. The Morgan fingerprint density at radius 2 is 2.03 bits per heavy atom. The van der Waals surface area contributed by atoms with Crippen molar-refractivity contribution < 1.29 is 18.3 Å². The van der Waals surface area contributed by atoms with Crippen LogP contribution in [-0.4, -0.2) is 25.5 Å². The highest BCUT2D eigenvalue weighted by molar-refractivity contribution is 7.92. The summed E-state index contributed by atoms with van der Waals surface area (Å²) < 4.78 is 28.3. The Morgan fingerprint density at radius 3 is 2.79 bits per heavy atom. The van der Waals surface area contributed by atoms with Crippen LogP contribution in [0.15, 0.2) is 41.8 Å². The van der Waals surface area contributed by atoms with Crippen molar-refractivity contribution in [1.29, 1.82) is 0 Å². The average Bonchev–Trinajstić information content (AvgIpc) is 3.25. The zero-order chi connectivity index (χ0) is 20.9. The van der Waals surface area contributed by atoms with Crippen LogP contribution in [0.2, 0.25) is 0 Å². The molecule has 1 aromatic rings. The van der Waals surface area contributed by atoms with Gasteiger partial charge < -0.3 is 5.11 Å². The van der Waals surface area contributed by atoms with Gasteiger partial charge in [-0.2, -0.15) is 0 Å². The van der Waals surface area contributed by atoms with E-state index in [1.807, 2.05) is 37.3 Å². The van der Waals surface area contributed by atoms with E-state index in [0.29, 0.717) is 24.2 Å². The van der Waals surface area contributed by atoms with Crippen LogP contribution in [0, 0.1) is 24.7 Å². The summed E-state index contributed by atoms with van der Waals surface area (Å²) in [6.45, 7) is 1.99. The summed E-state index contributed by atoms with van der Waals surface area (Å²) in [7, 11) is -3.50. The first-order valence-electron chi connectivity index (χ1n) is 10.5. The Morgan fingerprint density at radius 1 is 1.24 bits per heavy atom. The first-order valence-corrected chi connectivity index (χ1v) is 12.0. The number of aliphatic carboxylic acids is 1. The number of hydrogen-bond acceptors (Lipinski definition) is 3. The Balaban J connectivity index is 1.58. The molecule has 5 nitrogen and oxygen atoms in total. The second-order valence-electron chi connectivity index (χ2n) is 8.40. The Hall–Kier alpha value is -1.92. The zero-order valence-electron chi connectivity index (χ0n) is 17.0. The first kappa shape index (κ1) is 21.8. The van der Waals surface area contributed by atoms with E-state index in [0.717, 1.165) is 36.8 Å². The van der Waals surface area contributed by atoms with Crippen LogP contribution in [-0.2, 0) is 14.8 Å². The molecule has 2 bridgehead atoms. The van der Waals surface area contributed by atoms with E-state index in [1.54, 1.807) is 6.08 Å². The number of fused-ring (bicyclic) bond motifs is 2. The van der Waals surface area contributed by atoms with Crippen molar-refractivity contribution in [3.8, 4) is 0 Å². The fourth-order valence-corrected chi connectivity index (χ4v) is 6.01. The van der Waals surface area contributed by atoms with Crippen LogP contribution in [0.1, 0.15) is 56.1 Å². The molecule has 4 unspecified atom stereocenters. The highest BCUT2D eigenvalue weighted by Gasteiger charge is 2.47. The average molecular weight is 418 g/mol. The van der Waals surface area contributed by atoms with Gasteiger partial charge in [-0.25, -0.2) is 13.1 Å². The summed E-state index contributed by atoms with van der Waals surface area (Å²) in [5.41, 5.74) is 1.98. The Labute approximate surface area is 174 Å². The molecule has 2 aliphatic carbocycles. The monoisotopic (exact) mass is 417 g/mol. The van der Waals surface area contributed by atoms with E-state index >= 15 is 0 Å². The Kier molecular flexibility index (Phi) is 7.30. The van der Waals surface area contributed by atoms with E-state index in [9.17, 15) is 13.2 Å². The van der Waals surface area contributed by atoms with Crippen LogP contribution in [0.3, 0.4) is 0 Å². The number of hydrogen-bond donors (Lipinski definition) is 2. The predicted octanol–water partition coefficient (Wildman–Crippen LogP) is 4.50. The van der Waals surface area contributed by atoms with Gasteiger partial charge in [0, 0.05) is 17.9 Å². The van der Waals surface area contributed by atoms with Crippen molar-refractivity contribution in [2.75, 3.05) is 0 Å². The van der Waals surface area contributed by atoms with Crippen molar-refractivity contribution in [2.45, 2.75) is 57.9 Å². The largest absolute Gasteiger partial charge is 0.481 e. The normalized spacial score (nSPS) is 26.7. The van der Waals surface area contributed by atoms with Gasteiger partial charge in [0.25, 0.3) is 0 Å². The number of allylic oxidation sites excluding steroid dienone is 2. The maximum Gasteiger partial charge on any atom is 0.303 e. The number of benzene rings is 1. The maximum absolute atomic E-state index is 12.7. The van der Waals surface area contributed by atoms with E-state index in [4.69, 9.17) is 5.11 Å². The minimum atomic E-state index is -3.50. The fraction of sp³-hybridized carbons (Fsp3) is 0.522. The molecule has 2 N–H and O–H groups in total. The minimum absolute atomic E-state index is 0.00965. The number of unbranched alkanes of at least 4 members (excludes halogenated alkanes) is 1. The molecular formula is C23H31NO4S. The minimum Gasteiger partial charge on any atom is -0.481 e. The van der Waals surface area contributed by atoms with Crippen molar-refractivity contribution >= 4 is 22.1 Å². The second-order valence-corrected chi connectivity index (χ2v) is 9.99. The molecule has 2 saturated carbocycles. The molecule has 4 atom stereocenters. The van der Waals surface area contributed by atoms with Crippen molar-refractivity contribution in [3.05, 3.63) is 53.0 Å². The number of aryl methyl sites for hydroxylation is 1. The molecular weight excluding hydrogens is 386 g/mol. The van der Waals surface area contributed by atoms with Gasteiger partial charge in [-0.05, 0) is 74.8 Å². The lowest BCUT2D eigenvalue weighted by atomic mass is 9.83. The molecule has 0 amide bonds. The molecule has 0 spiro atoms. The highest BCUT2D eigenvalue weighted by Crippen LogP contribution is 2.50. The third-order valence-corrected chi connectivity index (χ3v) is 7.30. The van der Waals surface area contributed by atoms with Crippen molar-refractivity contribution in [3.63, 3.8) is 0 Å². The van der Waals surface area contributed by atoms with Gasteiger partial charge in [-0.1, -0.05) is 42.0 Å². The third kappa shape index (κ3) is 6.28. The van der Waals surface area contributed by atoms with E-state index in [-0.39, 0.29) is 12.5 Å². The third-order valence-electron chi connectivity index (χ3n) is 6.21. The molecule has 2 fully saturated rings. The smallest absolute Gasteiger partial charge is 0.303 e. The van der Waals surface area contributed by atoms with E-state index in [2.05, 4.69) is 10.8 Å². The molecule has 0 aliphatic heterocycles. The van der Waals surface area contributed by atoms with Gasteiger partial charge in [0.15, 0.2) is 0 Å². The summed E-state index contributed by atoms with van der Waals surface area (Å²) in [5, 5.41) is 9.98. The summed E-state index contributed by atoms with van der Waals surface area (Å²) in [4.78, 5) is 10.6. The first-order chi connectivity index (χ1) is 13.8. The number of carboxylic acid groups (broad SMARTS) is 1. The topological polar surface area (TPSA) is 83.5 Å². The molecule has 2 aliphatic rings. The van der Waals surface area contributed by atoms with Gasteiger partial charge in [0.2, 0.25) is 10.0 Å². The molecule has 0 aromatic heterocycles. The van der Waals surface area contributed by atoms with Crippen LogP contribution in [0.25, 0.3) is 6.08 Å². The van der Waals surface area contributed by atoms with Gasteiger partial charge >= 0.3 is 5.97 Å². The molecule has 0 saturated heterocycles. The summed E-state index contributed by atoms with van der Waals surface area (Å²) in [6.07, 6.45) is 11.6. The quantitative estimate of drug-likeness (QED) is 0.434. The standard InChI is InChI=1S/C23H31NO4S/c1-17-7-6-8-18(15-17)13-14-29(27,28)24-23-20-12-11-19(16-20)21(23)9-4-2-3-5-10-22(25)26/h2,4,6-8,13-15,19-21,23-24H,3,5,9-12,16H2,1H3,(H,25,26)/b4-2+,14-13+.